The second-order valence-electron chi connectivity index (χ2n) is 9.51. The molecular weight excluding hydrogens is 532 g/mol. The van der Waals surface area contributed by atoms with Crippen LogP contribution < -0.4 is 14.9 Å². The van der Waals surface area contributed by atoms with Crippen LogP contribution in [0.2, 0.25) is 5.02 Å². The van der Waals surface area contributed by atoms with E-state index in [2.05, 4.69) is 6.58 Å². The number of nitrogens with zero attached hydrogens (tertiary/aromatic N) is 2. The molecule has 0 aliphatic carbocycles. The van der Waals surface area contributed by atoms with E-state index in [9.17, 15) is 14.4 Å². The Bertz CT molecular complexity index is 1650. The van der Waals surface area contributed by atoms with Gasteiger partial charge in [0.05, 0.1) is 23.8 Å². The van der Waals surface area contributed by atoms with E-state index < -0.39 is 0 Å². The maximum absolute atomic E-state index is 13.8. The number of hydrogen-bond donors (Lipinski definition) is 0. The van der Waals surface area contributed by atoms with Crippen LogP contribution in [0.25, 0.3) is 11.0 Å². The van der Waals surface area contributed by atoms with Crippen LogP contribution in [0.15, 0.2) is 88.8 Å². The molecule has 40 heavy (non-hydrogen) atoms. The van der Waals surface area contributed by atoms with E-state index in [4.69, 9.17) is 25.5 Å². The predicted octanol–water partition coefficient (Wildman–Crippen LogP) is 5.34. The molecule has 2 amide bonds. The highest BCUT2D eigenvalue weighted by Crippen LogP contribution is 2.33. The van der Waals surface area contributed by atoms with Crippen LogP contribution in [0, 0.1) is 6.92 Å². The molecule has 8 nitrogen and oxygen atoms in total. The summed E-state index contributed by atoms with van der Waals surface area (Å²) in [6.07, 6.45) is 2.93. The van der Waals surface area contributed by atoms with Gasteiger partial charge in [-0.25, -0.2) is 0 Å². The van der Waals surface area contributed by atoms with Gasteiger partial charge < -0.3 is 23.7 Å². The molecule has 0 saturated carbocycles. The zero-order valence-electron chi connectivity index (χ0n) is 21.9. The third-order valence-electron chi connectivity index (χ3n) is 6.59. The van der Waals surface area contributed by atoms with Gasteiger partial charge in [-0.05, 0) is 55.0 Å². The Morgan fingerprint density at radius 2 is 1.75 bits per heavy atom. The van der Waals surface area contributed by atoms with Crippen LogP contribution in [0.1, 0.15) is 27.0 Å². The van der Waals surface area contributed by atoms with Gasteiger partial charge in [-0.15, -0.1) is 6.58 Å². The number of halogens is 1. The molecule has 4 aromatic rings. The quantitative estimate of drug-likeness (QED) is 0.258. The average molecular weight is 559 g/mol. The Hall–Kier alpha value is -4.56. The fourth-order valence-corrected chi connectivity index (χ4v) is 4.64. The molecule has 5 rings (SSSR count). The molecule has 0 atom stereocenters. The molecule has 0 saturated heterocycles. The van der Waals surface area contributed by atoms with Crippen LogP contribution >= 0.6 is 11.6 Å². The van der Waals surface area contributed by atoms with E-state index in [1.54, 1.807) is 48.5 Å². The Labute approximate surface area is 236 Å². The molecule has 1 aliphatic rings. The maximum atomic E-state index is 13.8. The summed E-state index contributed by atoms with van der Waals surface area (Å²) in [6, 6.07) is 17.4. The standard InChI is InChI=1S/C31H27ClN2O6/c1-3-12-33(31(37)22-7-4-20(2)5-8-22)17-29(35)34(15-21-6-10-27-28(13-21)40-19-39-27)16-23-18-38-26-11-9-24(32)14-25(26)30(23)36/h3-11,13-14,18H,1,12,15-17,19H2,2H3. The predicted molar refractivity (Wildman–Crippen MR) is 152 cm³/mol. The number of amides is 2. The Morgan fingerprint density at radius 1 is 0.975 bits per heavy atom. The van der Waals surface area contributed by atoms with Gasteiger partial charge in [-0.1, -0.05) is 41.4 Å². The second kappa shape index (κ2) is 11.7. The zero-order chi connectivity index (χ0) is 28.2. The SMILES string of the molecule is C=CCN(CC(=O)N(Cc1ccc2c(c1)OCO2)Cc1coc2ccc(Cl)cc2c1=O)C(=O)c1ccc(C)cc1. The molecule has 0 N–H and O–H groups in total. The number of fused-ring (bicyclic) bond motifs is 2. The van der Waals surface area contributed by atoms with E-state index in [-0.39, 0.29) is 55.8 Å². The molecule has 0 radical (unpaired) electrons. The lowest BCUT2D eigenvalue weighted by molar-refractivity contribution is -0.133. The molecule has 0 unspecified atom stereocenters. The molecular formula is C31H27ClN2O6. The summed E-state index contributed by atoms with van der Waals surface area (Å²) in [4.78, 5) is 43.3. The largest absolute Gasteiger partial charge is 0.464 e. The van der Waals surface area contributed by atoms with Crippen LogP contribution in [0.5, 0.6) is 11.5 Å². The second-order valence-corrected chi connectivity index (χ2v) is 9.94. The van der Waals surface area contributed by atoms with Gasteiger partial charge in [0.25, 0.3) is 5.91 Å². The van der Waals surface area contributed by atoms with E-state index in [0.29, 0.717) is 33.1 Å². The normalized spacial score (nSPS) is 11.8. The van der Waals surface area contributed by atoms with Crippen molar-refractivity contribution in [2.45, 2.75) is 20.0 Å². The topological polar surface area (TPSA) is 89.3 Å². The van der Waals surface area contributed by atoms with Crippen molar-refractivity contribution in [2.75, 3.05) is 19.9 Å². The van der Waals surface area contributed by atoms with Gasteiger partial charge in [0.1, 0.15) is 12.1 Å². The molecule has 1 aliphatic heterocycles. The molecule has 0 bridgehead atoms. The fourth-order valence-electron chi connectivity index (χ4n) is 4.47. The van der Waals surface area contributed by atoms with E-state index >= 15 is 0 Å². The minimum atomic E-state index is -0.356. The molecule has 0 spiro atoms. The third kappa shape index (κ3) is 5.87. The smallest absolute Gasteiger partial charge is 0.254 e. The van der Waals surface area contributed by atoms with Crippen LogP contribution in [0.4, 0.5) is 0 Å². The lowest BCUT2D eigenvalue weighted by Crippen LogP contribution is -2.43. The van der Waals surface area contributed by atoms with E-state index in [0.717, 1.165) is 11.1 Å². The number of benzene rings is 3. The highest BCUT2D eigenvalue weighted by atomic mass is 35.5. The van der Waals surface area contributed by atoms with Gasteiger partial charge in [0.2, 0.25) is 12.7 Å². The molecule has 2 heterocycles. The minimum Gasteiger partial charge on any atom is -0.464 e. The Kier molecular flexibility index (Phi) is 7.89. The first-order valence-electron chi connectivity index (χ1n) is 12.7. The van der Waals surface area contributed by atoms with Crippen molar-refractivity contribution in [1.82, 2.24) is 9.80 Å². The third-order valence-corrected chi connectivity index (χ3v) is 6.83. The molecule has 9 heteroatoms. The molecule has 1 aromatic heterocycles. The summed E-state index contributed by atoms with van der Waals surface area (Å²) in [7, 11) is 0. The maximum Gasteiger partial charge on any atom is 0.254 e. The van der Waals surface area contributed by atoms with Crippen molar-refractivity contribution in [1.29, 1.82) is 0 Å². The number of ether oxygens (including phenoxy) is 2. The number of carbonyl (C=O) groups excluding carboxylic acids is 2. The summed E-state index contributed by atoms with van der Waals surface area (Å²) in [6.45, 7) is 5.88. The first-order chi connectivity index (χ1) is 19.3. The summed E-state index contributed by atoms with van der Waals surface area (Å²) >= 11 is 6.12. The summed E-state index contributed by atoms with van der Waals surface area (Å²) in [5, 5.41) is 0.725. The first-order valence-corrected chi connectivity index (χ1v) is 13.0. The number of rotatable bonds is 9. The lowest BCUT2D eigenvalue weighted by atomic mass is 10.1. The minimum absolute atomic E-state index is 0.0429. The number of hydrogen-bond acceptors (Lipinski definition) is 6. The highest BCUT2D eigenvalue weighted by Gasteiger charge is 2.24. The van der Waals surface area contributed by atoms with Crippen LogP contribution in [0.3, 0.4) is 0 Å². The van der Waals surface area contributed by atoms with Crippen molar-refractivity contribution < 1.29 is 23.5 Å². The Balaban J connectivity index is 1.45. The molecule has 0 fully saturated rings. The summed E-state index contributed by atoms with van der Waals surface area (Å²) in [5.74, 6) is 0.545. The van der Waals surface area contributed by atoms with Gasteiger partial charge in [-0.3, -0.25) is 14.4 Å². The highest BCUT2D eigenvalue weighted by molar-refractivity contribution is 6.31. The van der Waals surface area contributed by atoms with Crippen molar-refractivity contribution in [3.8, 4) is 11.5 Å². The van der Waals surface area contributed by atoms with Crippen molar-refractivity contribution in [3.05, 3.63) is 117 Å². The first kappa shape index (κ1) is 27.0. The van der Waals surface area contributed by atoms with Gasteiger partial charge in [0.15, 0.2) is 16.9 Å². The fraction of sp³-hybridized carbons (Fsp3) is 0.194. The van der Waals surface area contributed by atoms with Gasteiger partial charge in [-0.2, -0.15) is 0 Å². The zero-order valence-corrected chi connectivity index (χ0v) is 22.6. The summed E-state index contributed by atoms with van der Waals surface area (Å²) in [5.41, 5.74) is 2.65. The van der Waals surface area contributed by atoms with E-state index in [1.165, 1.54) is 16.1 Å². The summed E-state index contributed by atoms with van der Waals surface area (Å²) < 4.78 is 16.6. The van der Waals surface area contributed by atoms with Crippen molar-refractivity contribution in [2.24, 2.45) is 0 Å². The van der Waals surface area contributed by atoms with E-state index in [1.807, 2.05) is 25.1 Å². The molecule has 204 valence electrons. The van der Waals surface area contributed by atoms with Crippen LogP contribution in [-0.4, -0.2) is 41.5 Å². The van der Waals surface area contributed by atoms with Gasteiger partial charge >= 0.3 is 0 Å². The Morgan fingerprint density at radius 3 is 2.52 bits per heavy atom. The average Bonchev–Trinajstić information content (AvgIpc) is 3.42. The van der Waals surface area contributed by atoms with Gasteiger partial charge in [0, 0.05) is 23.7 Å². The van der Waals surface area contributed by atoms with Crippen LogP contribution in [-0.2, 0) is 17.9 Å². The number of carbonyl (C=O) groups is 2. The number of aryl methyl sites for hydroxylation is 1. The van der Waals surface area contributed by atoms with Crippen molar-refractivity contribution >= 4 is 34.4 Å². The van der Waals surface area contributed by atoms with Crippen molar-refractivity contribution in [3.63, 3.8) is 0 Å². The molecule has 3 aromatic carbocycles. The lowest BCUT2D eigenvalue weighted by Gasteiger charge is -2.27. The monoisotopic (exact) mass is 558 g/mol.